The van der Waals surface area contributed by atoms with Crippen molar-refractivity contribution in [3.05, 3.63) is 35.9 Å². The highest BCUT2D eigenvalue weighted by atomic mass is 127. The first-order valence-electron chi connectivity index (χ1n) is 10.0. The molecule has 152 valence electrons. The van der Waals surface area contributed by atoms with Crippen LogP contribution in [0.25, 0.3) is 0 Å². The van der Waals surface area contributed by atoms with Gasteiger partial charge in [0, 0.05) is 32.6 Å². The summed E-state index contributed by atoms with van der Waals surface area (Å²) in [5, 5.41) is 3.40. The molecule has 0 saturated carbocycles. The molecule has 1 aliphatic heterocycles. The summed E-state index contributed by atoms with van der Waals surface area (Å²) in [6.07, 6.45) is 7.32. The molecule has 0 bridgehead atoms. The molecular weight excluding hydrogens is 451 g/mol. The number of unbranched alkanes of at least 4 members (excludes halogenated alkanes) is 2. The summed E-state index contributed by atoms with van der Waals surface area (Å²) < 4.78 is 0. The van der Waals surface area contributed by atoms with Gasteiger partial charge >= 0.3 is 0 Å². The Morgan fingerprint density at radius 1 is 1.26 bits per heavy atom. The Balaban J connectivity index is 0.00000364. The van der Waals surface area contributed by atoms with Crippen molar-refractivity contribution in [1.82, 2.24) is 10.2 Å². The van der Waals surface area contributed by atoms with E-state index in [9.17, 15) is 4.79 Å². The Labute approximate surface area is 181 Å². The van der Waals surface area contributed by atoms with Crippen LogP contribution < -0.4 is 11.1 Å². The maximum atomic E-state index is 11.2. The Morgan fingerprint density at radius 3 is 2.74 bits per heavy atom. The van der Waals surface area contributed by atoms with Gasteiger partial charge in [-0.2, -0.15) is 0 Å². The number of guanidine groups is 1. The van der Waals surface area contributed by atoms with Crippen LogP contribution in [0.5, 0.6) is 0 Å². The van der Waals surface area contributed by atoms with Crippen LogP contribution in [0.1, 0.15) is 51.0 Å². The predicted octanol–water partition coefficient (Wildman–Crippen LogP) is 3.57. The molecule has 0 radical (unpaired) electrons. The molecule has 6 heteroatoms. The van der Waals surface area contributed by atoms with E-state index in [0.717, 1.165) is 57.8 Å². The number of halogens is 1. The molecule has 0 aromatic heterocycles. The van der Waals surface area contributed by atoms with Crippen LogP contribution in [-0.4, -0.2) is 42.9 Å². The number of nitrogens with zero attached hydrogens (tertiary/aromatic N) is 2. The number of rotatable bonds is 9. The highest BCUT2D eigenvalue weighted by Gasteiger charge is 2.23. The summed E-state index contributed by atoms with van der Waals surface area (Å²) >= 11 is 0. The Hall–Kier alpha value is -1.31. The van der Waals surface area contributed by atoms with Gasteiger partial charge < -0.3 is 16.0 Å². The number of primary amides is 1. The van der Waals surface area contributed by atoms with E-state index in [4.69, 9.17) is 10.7 Å². The second-order valence-electron chi connectivity index (χ2n) is 7.16. The third kappa shape index (κ3) is 9.44. The highest BCUT2D eigenvalue weighted by Crippen LogP contribution is 2.19. The maximum Gasteiger partial charge on any atom is 0.217 e. The standard InChI is InChI=1S/C21H34N4O.HI/c1-2-23-21(25-15-9-13-19(17-25)16-20(22)26)24-14-8-4-7-12-18-10-5-3-6-11-18;/h3,5-6,10-11,19H,2,4,7-9,12-17H2,1H3,(H2,22,26)(H,23,24);1H. The lowest BCUT2D eigenvalue weighted by atomic mass is 9.95. The molecule has 3 N–H and O–H groups in total. The molecule has 0 spiro atoms. The van der Waals surface area contributed by atoms with E-state index >= 15 is 0 Å². The fourth-order valence-corrected chi connectivity index (χ4v) is 3.58. The van der Waals surface area contributed by atoms with Gasteiger partial charge in [-0.15, -0.1) is 24.0 Å². The molecule has 1 heterocycles. The fraction of sp³-hybridized carbons (Fsp3) is 0.619. The lowest BCUT2D eigenvalue weighted by Gasteiger charge is -2.34. The summed E-state index contributed by atoms with van der Waals surface area (Å²) in [7, 11) is 0. The minimum Gasteiger partial charge on any atom is -0.370 e. The van der Waals surface area contributed by atoms with Crippen molar-refractivity contribution in [2.45, 2.75) is 51.9 Å². The summed E-state index contributed by atoms with van der Waals surface area (Å²) in [6, 6.07) is 10.7. The third-order valence-electron chi connectivity index (χ3n) is 4.87. The van der Waals surface area contributed by atoms with Crippen LogP contribution in [0, 0.1) is 5.92 Å². The van der Waals surface area contributed by atoms with E-state index in [-0.39, 0.29) is 29.9 Å². The summed E-state index contributed by atoms with van der Waals surface area (Å²) in [6.45, 7) is 5.70. The first-order chi connectivity index (χ1) is 12.7. The molecule has 1 aliphatic rings. The molecule has 1 unspecified atom stereocenters. The number of aliphatic imine (C=N–C) groups is 1. The molecule has 0 aliphatic carbocycles. The van der Waals surface area contributed by atoms with Crippen molar-refractivity contribution in [2.24, 2.45) is 16.6 Å². The van der Waals surface area contributed by atoms with E-state index in [1.165, 1.54) is 18.4 Å². The van der Waals surface area contributed by atoms with E-state index in [2.05, 4.69) is 47.5 Å². The van der Waals surface area contributed by atoms with Gasteiger partial charge in [-0.3, -0.25) is 9.79 Å². The van der Waals surface area contributed by atoms with Crippen LogP contribution in [-0.2, 0) is 11.2 Å². The van der Waals surface area contributed by atoms with Gasteiger partial charge in [-0.25, -0.2) is 0 Å². The van der Waals surface area contributed by atoms with Gasteiger partial charge in [0.1, 0.15) is 0 Å². The Kier molecular flexibility index (Phi) is 12.1. The molecule has 1 aromatic carbocycles. The zero-order valence-electron chi connectivity index (χ0n) is 16.5. The third-order valence-corrected chi connectivity index (χ3v) is 4.87. The summed E-state index contributed by atoms with van der Waals surface area (Å²) in [4.78, 5) is 18.3. The molecule has 5 nitrogen and oxygen atoms in total. The zero-order chi connectivity index (χ0) is 18.6. The zero-order valence-corrected chi connectivity index (χ0v) is 18.9. The molecule has 27 heavy (non-hydrogen) atoms. The molecule has 1 atom stereocenters. The second kappa shape index (κ2) is 13.8. The molecule has 2 rings (SSSR count). The van der Waals surface area contributed by atoms with Crippen molar-refractivity contribution in [2.75, 3.05) is 26.2 Å². The number of amides is 1. The van der Waals surface area contributed by atoms with Crippen LogP contribution >= 0.6 is 24.0 Å². The number of hydrogen-bond donors (Lipinski definition) is 2. The number of nitrogens with one attached hydrogen (secondary N) is 1. The minimum absolute atomic E-state index is 0. The van der Waals surface area contributed by atoms with E-state index in [1.54, 1.807) is 0 Å². The average Bonchev–Trinajstić information content (AvgIpc) is 2.64. The summed E-state index contributed by atoms with van der Waals surface area (Å²) in [5.41, 5.74) is 6.78. The van der Waals surface area contributed by atoms with E-state index in [0.29, 0.717) is 12.3 Å². The topological polar surface area (TPSA) is 70.7 Å². The van der Waals surface area contributed by atoms with Gasteiger partial charge in [-0.05, 0) is 50.5 Å². The van der Waals surface area contributed by atoms with Crippen molar-refractivity contribution >= 4 is 35.8 Å². The number of benzene rings is 1. The van der Waals surface area contributed by atoms with Gasteiger partial charge in [-0.1, -0.05) is 36.8 Å². The number of carbonyl (C=O) groups excluding carboxylic acids is 1. The molecule has 1 aromatic rings. The first kappa shape index (κ1) is 23.7. The quantitative estimate of drug-likeness (QED) is 0.243. The molecule has 1 fully saturated rings. The van der Waals surface area contributed by atoms with E-state index in [1.807, 2.05) is 0 Å². The number of carbonyl (C=O) groups is 1. The lowest BCUT2D eigenvalue weighted by molar-refractivity contribution is -0.119. The molecular formula is C21H35IN4O. The van der Waals surface area contributed by atoms with Gasteiger partial charge in [0.05, 0.1) is 0 Å². The monoisotopic (exact) mass is 486 g/mol. The number of aryl methyl sites for hydroxylation is 1. The first-order valence-corrected chi connectivity index (χ1v) is 10.0. The minimum atomic E-state index is -0.197. The van der Waals surface area contributed by atoms with Gasteiger partial charge in [0.2, 0.25) is 5.91 Å². The lowest BCUT2D eigenvalue weighted by Crippen LogP contribution is -2.47. The normalized spacial score (nSPS) is 17.3. The number of hydrogen-bond acceptors (Lipinski definition) is 2. The van der Waals surface area contributed by atoms with E-state index < -0.39 is 0 Å². The van der Waals surface area contributed by atoms with Crippen molar-refractivity contribution in [1.29, 1.82) is 0 Å². The van der Waals surface area contributed by atoms with Gasteiger partial charge in [0.15, 0.2) is 5.96 Å². The maximum absolute atomic E-state index is 11.2. The fourth-order valence-electron chi connectivity index (χ4n) is 3.58. The predicted molar refractivity (Wildman–Crippen MR) is 123 cm³/mol. The SMILES string of the molecule is CCNC(=NCCCCCc1ccccc1)N1CCCC(CC(N)=O)C1.I. The van der Waals surface area contributed by atoms with Crippen LogP contribution in [0.4, 0.5) is 0 Å². The molecule has 1 amide bonds. The summed E-state index contributed by atoms with van der Waals surface area (Å²) in [5.74, 6) is 1.15. The van der Waals surface area contributed by atoms with Crippen LogP contribution in [0.2, 0.25) is 0 Å². The van der Waals surface area contributed by atoms with Crippen molar-refractivity contribution < 1.29 is 4.79 Å². The number of nitrogens with two attached hydrogens (primary N) is 1. The van der Waals surface area contributed by atoms with Gasteiger partial charge in [0.25, 0.3) is 0 Å². The Morgan fingerprint density at radius 2 is 2.04 bits per heavy atom. The smallest absolute Gasteiger partial charge is 0.217 e. The molecule has 1 saturated heterocycles. The average molecular weight is 486 g/mol. The number of likely N-dealkylation sites (tertiary alicyclic amines) is 1. The highest BCUT2D eigenvalue weighted by molar-refractivity contribution is 14.0. The Bertz CT molecular complexity index is 565. The largest absolute Gasteiger partial charge is 0.370 e. The van der Waals surface area contributed by atoms with Crippen LogP contribution in [0.15, 0.2) is 35.3 Å². The number of piperidine rings is 1. The van der Waals surface area contributed by atoms with Crippen molar-refractivity contribution in [3.63, 3.8) is 0 Å². The van der Waals surface area contributed by atoms with Crippen molar-refractivity contribution in [3.8, 4) is 0 Å². The second-order valence-corrected chi connectivity index (χ2v) is 7.16. The van der Waals surface area contributed by atoms with Crippen LogP contribution in [0.3, 0.4) is 0 Å².